The first kappa shape index (κ1) is 24.7. The molecule has 2 atom stereocenters. The van der Waals surface area contributed by atoms with Crippen LogP contribution in [0, 0.1) is 17.2 Å². The van der Waals surface area contributed by atoms with Crippen molar-refractivity contribution in [3.8, 4) is 6.07 Å². The molecule has 1 N–H and O–H groups in total. The molecule has 3 rings (SSSR count). The van der Waals surface area contributed by atoms with Gasteiger partial charge in [-0.05, 0) is 43.9 Å². The molecule has 1 saturated heterocycles. The minimum absolute atomic E-state index is 0.0237. The van der Waals surface area contributed by atoms with Gasteiger partial charge in [-0.15, -0.1) is 0 Å². The summed E-state index contributed by atoms with van der Waals surface area (Å²) < 4.78 is 12.0. The van der Waals surface area contributed by atoms with Gasteiger partial charge < -0.3 is 14.8 Å². The lowest BCUT2D eigenvalue weighted by molar-refractivity contribution is -0.120. The number of hydrogen-bond donors (Lipinski definition) is 1. The van der Waals surface area contributed by atoms with E-state index in [1.807, 2.05) is 13.8 Å². The minimum Gasteiger partial charge on any atom is -0.465 e. The van der Waals surface area contributed by atoms with E-state index in [0.29, 0.717) is 29.2 Å². The van der Waals surface area contributed by atoms with Crippen LogP contribution in [-0.2, 0) is 20.8 Å². The number of esters is 1. The van der Waals surface area contributed by atoms with Gasteiger partial charge in [0.1, 0.15) is 5.54 Å². The molecule has 1 amide bonds. The van der Waals surface area contributed by atoms with E-state index in [4.69, 9.17) is 9.47 Å². The number of nitrogens with one attached hydrogen (secondary N) is 1. The second-order valence-electron chi connectivity index (χ2n) is 8.47. The Bertz CT molecular complexity index is 1150. The van der Waals surface area contributed by atoms with Gasteiger partial charge in [-0.25, -0.2) is 9.78 Å². The molecule has 1 aromatic carbocycles. The Morgan fingerprint density at radius 2 is 2.21 bits per heavy atom. The second kappa shape index (κ2) is 10.4. The maximum Gasteiger partial charge on any atom is 0.337 e. The van der Waals surface area contributed by atoms with E-state index in [1.54, 1.807) is 13.0 Å². The average molecular weight is 473 g/mol. The van der Waals surface area contributed by atoms with Gasteiger partial charge in [-0.2, -0.15) is 5.26 Å². The molecule has 2 unspecified atom stereocenters. The molecule has 176 valence electrons. The molecule has 9 nitrogen and oxygen atoms in total. The molecule has 0 saturated carbocycles. The number of ether oxygens (including phenoxy) is 2. The van der Waals surface area contributed by atoms with E-state index in [9.17, 15) is 19.6 Å². The second-order valence-corrected chi connectivity index (χ2v) is 9.42. The number of carbonyl (C=O) groups excluding carboxylic acids is 2. The first-order valence-electron chi connectivity index (χ1n) is 10.8. The summed E-state index contributed by atoms with van der Waals surface area (Å²) in [4.78, 5) is 42.4. The van der Waals surface area contributed by atoms with Crippen molar-refractivity contribution in [1.29, 1.82) is 5.26 Å². The third-order valence-corrected chi connectivity index (χ3v) is 6.85. The van der Waals surface area contributed by atoms with Crippen molar-refractivity contribution in [2.45, 2.75) is 57.0 Å². The molecule has 2 heterocycles. The van der Waals surface area contributed by atoms with Crippen molar-refractivity contribution >= 4 is 34.5 Å². The zero-order valence-corrected chi connectivity index (χ0v) is 20.0. The Morgan fingerprint density at radius 3 is 2.82 bits per heavy atom. The lowest BCUT2D eigenvalue weighted by Crippen LogP contribution is -2.49. The third kappa shape index (κ3) is 5.54. The van der Waals surface area contributed by atoms with Crippen molar-refractivity contribution in [2.24, 2.45) is 5.92 Å². The number of thioether (sulfide) groups is 1. The highest BCUT2D eigenvalue weighted by Crippen LogP contribution is 2.23. The number of benzene rings is 1. The fraction of sp³-hybridized carbons (Fsp3) is 0.522. The smallest absolute Gasteiger partial charge is 0.337 e. The van der Waals surface area contributed by atoms with Crippen LogP contribution in [0.15, 0.2) is 28.2 Å². The highest BCUT2D eigenvalue weighted by atomic mass is 32.2. The van der Waals surface area contributed by atoms with E-state index in [-0.39, 0.29) is 34.8 Å². The molecular formula is C23H28N4O5S. The molecular weight excluding hydrogens is 444 g/mol. The number of hydrogen-bond acceptors (Lipinski definition) is 8. The molecule has 1 aliphatic heterocycles. The number of nitrogens with zero attached hydrogens (tertiary/aromatic N) is 3. The van der Waals surface area contributed by atoms with Crippen molar-refractivity contribution in [3.05, 3.63) is 34.1 Å². The molecule has 1 fully saturated rings. The number of rotatable bonds is 8. The molecule has 0 radical (unpaired) electrons. The number of fused-ring (bicyclic) bond motifs is 1. The Hall–Kier alpha value is -2.90. The fourth-order valence-corrected chi connectivity index (χ4v) is 4.27. The standard InChI is InChI=1S/C23H28N4O5S/c1-14(2)23(3,13-24)26-19(28)12-33-22-25-18-10-15(21(30)31-4)7-8-17(18)20(29)27(22)11-16-6-5-9-32-16/h7-8,10,14,16H,5-6,9,11-12H2,1-4H3,(H,26,28). The summed E-state index contributed by atoms with van der Waals surface area (Å²) in [5.74, 6) is -0.964. The summed E-state index contributed by atoms with van der Waals surface area (Å²) in [6, 6.07) is 6.75. The minimum atomic E-state index is -0.999. The van der Waals surface area contributed by atoms with Crippen LogP contribution in [0.2, 0.25) is 0 Å². The Labute approximate surface area is 196 Å². The molecule has 0 aliphatic carbocycles. The van der Waals surface area contributed by atoms with Crippen LogP contribution < -0.4 is 10.9 Å². The monoisotopic (exact) mass is 472 g/mol. The van der Waals surface area contributed by atoms with Crippen LogP contribution in [0.5, 0.6) is 0 Å². The van der Waals surface area contributed by atoms with Crippen molar-refractivity contribution in [2.75, 3.05) is 19.5 Å². The molecule has 10 heteroatoms. The number of aromatic nitrogens is 2. The van der Waals surface area contributed by atoms with E-state index < -0.39 is 11.5 Å². The van der Waals surface area contributed by atoms with Crippen LogP contribution in [0.4, 0.5) is 0 Å². The SMILES string of the molecule is COC(=O)c1ccc2c(=O)n(CC3CCCO3)c(SCC(=O)NC(C)(C#N)C(C)C)nc2c1. The van der Waals surface area contributed by atoms with E-state index in [2.05, 4.69) is 16.4 Å². The molecule has 0 bridgehead atoms. The highest BCUT2D eigenvalue weighted by molar-refractivity contribution is 7.99. The summed E-state index contributed by atoms with van der Waals surface area (Å²) in [6.07, 6.45) is 1.66. The predicted octanol–water partition coefficient (Wildman–Crippen LogP) is 2.51. The molecule has 2 aromatic rings. The number of carbonyl (C=O) groups is 2. The van der Waals surface area contributed by atoms with Crippen LogP contribution in [0.3, 0.4) is 0 Å². The molecule has 1 aromatic heterocycles. The van der Waals surface area contributed by atoms with Crippen molar-refractivity contribution in [3.63, 3.8) is 0 Å². The average Bonchev–Trinajstić information content (AvgIpc) is 3.32. The van der Waals surface area contributed by atoms with Gasteiger partial charge in [0.15, 0.2) is 5.16 Å². The van der Waals surface area contributed by atoms with Crippen LogP contribution in [0.1, 0.15) is 44.0 Å². The maximum atomic E-state index is 13.3. The summed E-state index contributed by atoms with van der Waals surface area (Å²) in [6.45, 7) is 6.37. The van der Waals surface area contributed by atoms with Gasteiger partial charge in [0, 0.05) is 6.61 Å². The van der Waals surface area contributed by atoms with Crippen LogP contribution in [-0.4, -0.2) is 52.5 Å². The van der Waals surface area contributed by atoms with Crippen molar-refractivity contribution < 1.29 is 19.1 Å². The van der Waals surface area contributed by atoms with Gasteiger partial charge in [-0.1, -0.05) is 25.6 Å². The van der Waals surface area contributed by atoms with Gasteiger partial charge in [0.25, 0.3) is 5.56 Å². The normalized spacial score (nSPS) is 17.5. The van der Waals surface area contributed by atoms with Crippen LogP contribution in [0.25, 0.3) is 10.9 Å². The van der Waals surface area contributed by atoms with Gasteiger partial charge in [0.05, 0.1) is 48.0 Å². The highest BCUT2D eigenvalue weighted by Gasteiger charge is 2.30. The Kier molecular flexibility index (Phi) is 7.76. The predicted molar refractivity (Wildman–Crippen MR) is 124 cm³/mol. The maximum absolute atomic E-state index is 13.3. The first-order valence-corrected chi connectivity index (χ1v) is 11.8. The summed E-state index contributed by atoms with van der Waals surface area (Å²) in [5.41, 5.74) is -0.636. The van der Waals surface area contributed by atoms with E-state index in [0.717, 1.165) is 24.6 Å². The molecule has 1 aliphatic rings. The summed E-state index contributed by atoms with van der Waals surface area (Å²) in [7, 11) is 1.28. The van der Waals surface area contributed by atoms with Gasteiger partial charge in [-0.3, -0.25) is 14.2 Å². The largest absolute Gasteiger partial charge is 0.465 e. The zero-order valence-electron chi connectivity index (χ0n) is 19.2. The number of nitriles is 1. The number of methoxy groups -OCH3 is 1. The topological polar surface area (TPSA) is 123 Å². The van der Waals surface area contributed by atoms with Crippen molar-refractivity contribution in [1.82, 2.24) is 14.9 Å². The van der Waals surface area contributed by atoms with Gasteiger partial charge in [0.2, 0.25) is 5.91 Å². The molecule has 0 spiro atoms. The molecule has 33 heavy (non-hydrogen) atoms. The Morgan fingerprint density at radius 1 is 1.45 bits per heavy atom. The van der Waals surface area contributed by atoms with Crippen LogP contribution >= 0.6 is 11.8 Å². The van der Waals surface area contributed by atoms with Gasteiger partial charge >= 0.3 is 5.97 Å². The van der Waals surface area contributed by atoms with E-state index >= 15 is 0 Å². The number of amides is 1. The summed E-state index contributed by atoms with van der Waals surface area (Å²) in [5, 5.41) is 12.9. The van der Waals surface area contributed by atoms with E-state index in [1.165, 1.54) is 23.8 Å². The third-order valence-electron chi connectivity index (χ3n) is 5.87. The Balaban J connectivity index is 1.94. The quantitative estimate of drug-likeness (QED) is 0.353. The first-order chi connectivity index (χ1) is 15.7. The summed E-state index contributed by atoms with van der Waals surface area (Å²) >= 11 is 1.11. The lowest BCUT2D eigenvalue weighted by atomic mass is 9.90. The fourth-order valence-electron chi connectivity index (χ4n) is 3.47. The zero-order chi connectivity index (χ0) is 24.2. The lowest BCUT2D eigenvalue weighted by Gasteiger charge is -2.27.